The van der Waals surface area contributed by atoms with Crippen molar-refractivity contribution in [3.05, 3.63) is 35.9 Å². The molecule has 3 N–H and O–H groups in total. The van der Waals surface area contributed by atoms with Gasteiger partial charge in [0.1, 0.15) is 5.60 Å². The lowest BCUT2D eigenvalue weighted by atomic mass is 10.2. The number of nitrogens with one attached hydrogen (secondary N) is 3. The summed E-state index contributed by atoms with van der Waals surface area (Å²) in [6, 6.07) is 10.3. The van der Waals surface area contributed by atoms with E-state index in [-0.39, 0.29) is 0 Å². The van der Waals surface area contributed by atoms with Crippen LogP contribution in [-0.4, -0.2) is 57.0 Å². The van der Waals surface area contributed by atoms with Gasteiger partial charge in [-0.15, -0.1) is 0 Å². The second-order valence-electron chi connectivity index (χ2n) is 7.32. The van der Waals surface area contributed by atoms with Gasteiger partial charge in [-0.25, -0.2) is 4.79 Å². The van der Waals surface area contributed by atoms with Crippen molar-refractivity contribution in [1.82, 2.24) is 16.0 Å². The molecule has 0 spiro atoms. The quantitative estimate of drug-likeness (QED) is 0.306. The summed E-state index contributed by atoms with van der Waals surface area (Å²) in [5.74, 6) is 0.734. The van der Waals surface area contributed by atoms with Gasteiger partial charge in [-0.3, -0.25) is 4.99 Å². The zero-order valence-electron chi connectivity index (χ0n) is 17.7. The molecule has 0 aliphatic heterocycles. The number of guanidine groups is 1. The fourth-order valence-electron chi connectivity index (χ4n) is 2.30. The van der Waals surface area contributed by atoms with Crippen molar-refractivity contribution in [2.24, 2.45) is 4.99 Å². The lowest BCUT2D eigenvalue weighted by Crippen LogP contribution is -2.42. The summed E-state index contributed by atoms with van der Waals surface area (Å²) in [6.07, 6.45) is 1.38. The van der Waals surface area contributed by atoms with E-state index in [1.165, 1.54) is 5.56 Å². The SMILES string of the molecule is CCNC(=NCCCOCCc1ccccc1)NCCNC(=O)OC(C)(C)C. The lowest BCUT2D eigenvalue weighted by Gasteiger charge is -2.19. The predicted octanol–water partition coefficient (Wildman–Crippen LogP) is 2.72. The molecule has 0 aliphatic rings. The number of aliphatic imine (C=N–C) groups is 1. The van der Waals surface area contributed by atoms with Crippen LogP contribution in [-0.2, 0) is 15.9 Å². The molecule has 0 heterocycles. The molecule has 0 unspecified atom stereocenters. The Morgan fingerprint density at radius 1 is 1.04 bits per heavy atom. The zero-order valence-corrected chi connectivity index (χ0v) is 17.7. The van der Waals surface area contributed by atoms with Crippen LogP contribution in [0.1, 0.15) is 39.7 Å². The monoisotopic (exact) mass is 392 g/mol. The largest absolute Gasteiger partial charge is 0.444 e. The molecule has 1 aromatic carbocycles. The number of amides is 1. The van der Waals surface area contributed by atoms with Gasteiger partial charge < -0.3 is 25.4 Å². The fraction of sp³-hybridized carbons (Fsp3) is 0.619. The number of ether oxygens (including phenoxy) is 2. The number of benzene rings is 1. The summed E-state index contributed by atoms with van der Waals surface area (Å²) in [5.41, 5.74) is 0.802. The molecule has 28 heavy (non-hydrogen) atoms. The van der Waals surface area contributed by atoms with Crippen molar-refractivity contribution in [1.29, 1.82) is 0 Å². The second-order valence-corrected chi connectivity index (χ2v) is 7.32. The molecule has 1 aromatic rings. The number of hydrogen-bond acceptors (Lipinski definition) is 4. The topological polar surface area (TPSA) is 84.0 Å². The van der Waals surface area contributed by atoms with Crippen molar-refractivity contribution in [2.75, 3.05) is 39.4 Å². The van der Waals surface area contributed by atoms with E-state index in [0.29, 0.717) is 26.2 Å². The van der Waals surface area contributed by atoms with E-state index >= 15 is 0 Å². The molecule has 0 aromatic heterocycles. The summed E-state index contributed by atoms with van der Waals surface area (Å²) in [7, 11) is 0. The second kappa shape index (κ2) is 13.8. The highest BCUT2D eigenvalue weighted by molar-refractivity contribution is 5.79. The van der Waals surface area contributed by atoms with Crippen LogP contribution in [0.3, 0.4) is 0 Å². The molecule has 0 atom stereocenters. The van der Waals surface area contributed by atoms with Gasteiger partial charge in [0.05, 0.1) is 6.61 Å². The van der Waals surface area contributed by atoms with Crippen LogP contribution >= 0.6 is 0 Å². The van der Waals surface area contributed by atoms with Crippen molar-refractivity contribution in [3.8, 4) is 0 Å². The van der Waals surface area contributed by atoms with Crippen LogP contribution in [0.4, 0.5) is 4.79 Å². The summed E-state index contributed by atoms with van der Waals surface area (Å²) in [4.78, 5) is 16.1. The van der Waals surface area contributed by atoms with E-state index in [4.69, 9.17) is 9.47 Å². The van der Waals surface area contributed by atoms with E-state index < -0.39 is 11.7 Å². The zero-order chi connectivity index (χ0) is 20.7. The smallest absolute Gasteiger partial charge is 0.407 e. The van der Waals surface area contributed by atoms with Crippen molar-refractivity contribution < 1.29 is 14.3 Å². The lowest BCUT2D eigenvalue weighted by molar-refractivity contribution is 0.0529. The van der Waals surface area contributed by atoms with Crippen molar-refractivity contribution in [2.45, 2.75) is 46.1 Å². The predicted molar refractivity (Wildman–Crippen MR) is 114 cm³/mol. The maximum atomic E-state index is 11.6. The van der Waals surface area contributed by atoms with Gasteiger partial charge in [0.15, 0.2) is 5.96 Å². The maximum Gasteiger partial charge on any atom is 0.407 e. The molecule has 0 radical (unpaired) electrons. The Morgan fingerprint density at radius 2 is 1.75 bits per heavy atom. The molecule has 0 saturated heterocycles. The number of carbonyl (C=O) groups excluding carboxylic acids is 1. The molecule has 0 bridgehead atoms. The number of carbonyl (C=O) groups is 1. The Bertz CT molecular complexity index is 571. The molecule has 7 heteroatoms. The van der Waals surface area contributed by atoms with Crippen molar-refractivity contribution in [3.63, 3.8) is 0 Å². The van der Waals surface area contributed by atoms with E-state index in [2.05, 4.69) is 33.1 Å². The van der Waals surface area contributed by atoms with Crippen LogP contribution < -0.4 is 16.0 Å². The fourth-order valence-corrected chi connectivity index (χ4v) is 2.30. The highest BCUT2D eigenvalue weighted by Crippen LogP contribution is 2.06. The maximum absolute atomic E-state index is 11.6. The number of rotatable bonds is 11. The normalized spacial score (nSPS) is 11.8. The van der Waals surface area contributed by atoms with Gasteiger partial charge in [0, 0.05) is 32.8 Å². The summed E-state index contributed by atoms with van der Waals surface area (Å²) in [5, 5.41) is 9.09. The van der Waals surface area contributed by atoms with Crippen molar-refractivity contribution >= 4 is 12.1 Å². The molecule has 0 fully saturated rings. The Morgan fingerprint density at radius 3 is 2.43 bits per heavy atom. The molecule has 1 rings (SSSR count). The molecule has 1 amide bonds. The average molecular weight is 393 g/mol. The minimum Gasteiger partial charge on any atom is -0.444 e. The van der Waals surface area contributed by atoms with Gasteiger partial charge in [-0.05, 0) is 46.1 Å². The number of alkyl carbamates (subject to hydrolysis) is 1. The first-order valence-corrected chi connectivity index (χ1v) is 10.0. The van der Waals surface area contributed by atoms with Gasteiger partial charge in [-0.2, -0.15) is 0 Å². The molecule has 158 valence electrons. The van der Waals surface area contributed by atoms with Gasteiger partial charge in [-0.1, -0.05) is 30.3 Å². The molecular formula is C21H36N4O3. The first kappa shape index (κ1) is 23.8. The van der Waals surface area contributed by atoms with Crippen LogP contribution in [0, 0.1) is 0 Å². The molecule has 0 saturated carbocycles. The third-order valence-electron chi connectivity index (χ3n) is 3.52. The highest BCUT2D eigenvalue weighted by Gasteiger charge is 2.15. The summed E-state index contributed by atoms with van der Waals surface area (Å²) >= 11 is 0. The van der Waals surface area contributed by atoms with Crippen LogP contribution in [0.15, 0.2) is 35.3 Å². The van der Waals surface area contributed by atoms with E-state index in [1.54, 1.807) is 0 Å². The minimum atomic E-state index is -0.489. The molecular weight excluding hydrogens is 356 g/mol. The summed E-state index contributed by atoms with van der Waals surface area (Å²) in [6.45, 7) is 11.4. The van der Waals surface area contributed by atoms with Crippen LogP contribution in [0.25, 0.3) is 0 Å². The van der Waals surface area contributed by atoms with E-state index in [0.717, 1.165) is 32.0 Å². The molecule has 0 aliphatic carbocycles. The third kappa shape index (κ3) is 13.0. The van der Waals surface area contributed by atoms with E-state index in [9.17, 15) is 4.79 Å². The first-order chi connectivity index (χ1) is 13.4. The standard InChI is InChI=1S/C21H36N4O3/c1-5-22-19(24-14-15-25-20(26)28-21(2,3)4)23-13-9-16-27-17-12-18-10-7-6-8-11-18/h6-8,10-11H,5,9,12-17H2,1-4H3,(H,25,26)(H2,22,23,24). The number of nitrogens with zero attached hydrogens (tertiary/aromatic N) is 1. The third-order valence-corrected chi connectivity index (χ3v) is 3.52. The first-order valence-electron chi connectivity index (χ1n) is 10.0. The Kier molecular flexibility index (Phi) is 11.7. The van der Waals surface area contributed by atoms with Gasteiger partial charge >= 0.3 is 6.09 Å². The molecule has 7 nitrogen and oxygen atoms in total. The highest BCUT2D eigenvalue weighted by atomic mass is 16.6. The van der Waals surface area contributed by atoms with Crippen LogP contribution in [0.5, 0.6) is 0 Å². The van der Waals surface area contributed by atoms with Gasteiger partial charge in [0.2, 0.25) is 0 Å². The van der Waals surface area contributed by atoms with Crippen LogP contribution in [0.2, 0.25) is 0 Å². The Labute approximate surface area is 169 Å². The number of hydrogen-bond donors (Lipinski definition) is 3. The van der Waals surface area contributed by atoms with E-state index in [1.807, 2.05) is 45.9 Å². The summed E-state index contributed by atoms with van der Waals surface area (Å²) < 4.78 is 10.9. The average Bonchev–Trinajstić information content (AvgIpc) is 2.63. The van der Waals surface area contributed by atoms with Gasteiger partial charge in [0.25, 0.3) is 0 Å². The Hall–Kier alpha value is -2.28. The Balaban J connectivity index is 2.13. The minimum absolute atomic E-state index is 0.413.